The van der Waals surface area contributed by atoms with E-state index in [-0.39, 0.29) is 30.0 Å². The van der Waals surface area contributed by atoms with Crippen LogP contribution in [0.1, 0.15) is 47.3 Å². The third-order valence-corrected chi connectivity index (χ3v) is 8.86. The molecule has 14 heteroatoms. The molecule has 3 N–H and O–H groups in total. The Kier molecular flexibility index (Phi) is 11.1. The Morgan fingerprint density at radius 1 is 1.13 bits per heavy atom. The Balaban J connectivity index is 1.37. The largest absolute Gasteiger partial charge is 0.481 e. The van der Waals surface area contributed by atoms with E-state index in [4.69, 9.17) is 33.0 Å². The highest BCUT2D eigenvalue weighted by Crippen LogP contribution is 2.40. The molecule has 0 unspecified atom stereocenters. The maximum Gasteiger partial charge on any atom is 0.304 e. The highest BCUT2D eigenvalue weighted by Gasteiger charge is 2.26. The van der Waals surface area contributed by atoms with Crippen LogP contribution in [0.4, 0.5) is 10.1 Å². The van der Waals surface area contributed by atoms with Crippen molar-refractivity contribution in [2.24, 2.45) is 7.05 Å². The van der Waals surface area contributed by atoms with Crippen molar-refractivity contribution < 1.29 is 23.8 Å². The number of halogens is 3. The van der Waals surface area contributed by atoms with Gasteiger partial charge in [0.2, 0.25) is 5.88 Å². The summed E-state index contributed by atoms with van der Waals surface area (Å²) in [5.41, 5.74) is 4.99. The molecule has 1 atom stereocenters. The first-order valence-electron chi connectivity index (χ1n) is 15.2. The summed E-state index contributed by atoms with van der Waals surface area (Å²) in [7, 11) is 3.33. The van der Waals surface area contributed by atoms with Gasteiger partial charge in [-0.05, 0) is 31.5 Å². The predicted molar refractivity (Wildman–Crippen MR) is 179 cm³/mol. The van der Waals surface area contributed by atoms with E-state index in [0.717, 1.165) is 29.9 Å². The van der Waals surface area contributed by atoms with E-state index in [0.29, 0.717) is 65.2 Å². The SMILES string of the molecule is COc1nc(-c2ccnc(-c3cccc(NC(=O)c4nc5c(n4C)CCN(CCCF)C5)c3Cl)c2Cl)ccc1CN[C@H](C)CC(=O)O. The lowest BCUT2D eigenvalue weighted by Crippen LogP contribution is -2.32. The lowest BCUT2D eigenvalue weighted by molar-refractivity contribution is -0.137. The number of carbonyl (C=O) groups is 2. The molecule has 0 bridgehead atoms. The number of ether oxygens (including phenoxy) is 1. The van der Waals surface area contributed by atoms with Crippen LogP contribution < -0.4 is 15.4 Å². The number of rotatable bonds is 13. The Morgan fingerprint density at radius 3 is 2.68 bits per heavy atom. The number of aromatic nitrogens is 4. The molecule has 47 heavy (non-hydrogen) atoms. The number of anilines is 1. The third kappa shape index (κ3) is 7.73. The van der Waals surface area contributed by atoms with Gasteiger partial charge in [-0.25, -0.2) is 9.97 Å². The molecule has 4 heterocycles. The van der Waals surface area contributed by atoms with Gasteiger partial charge in [0.1, 0.15) is 0 Å². The van der Waals surface area contributed by atoms with E-state index in [1.165, 1.54) is 7.11 Å². The van der Waals surface area contributed by atoms with Crippen molar-refractivity contribution in [2.45, 2.75) is 45.3 Å². The standard InChI is InChI=1S/C33H36Cl2FN7O4/c1-19(16-27(44)45)38-17-20-8-9-23(41-33(20)47-3)21-10-13-37-30(29(21)35)22-6-4-7-24(28(22)34)40-32(46)31-39-25-18-43(14-5-12-36)15-11-26(25)42(31)2/h4,6-10,13,19,38H,5,11-12,14-18H2,1-3H3,(H,40,46)(H,44,45)/t19-/m1/s1. The number of carboxylic acid groups (broad SMARTS) is 1. The van der Waals surface area contributed by atoms with Gasteiger partial charge in [-0.3, -0.25) is 23.9 Å². The second-order valence-electron chi connectivity index (χ2n) is 11.3. The fraction of sp³-hybridized carbons (Fsp3) is 0.364. The molecular formula is C33H36Cl2FN7O4. The van der Waals surface area contributed by atoms with Crippen LogP contribution in [0.25, 0.3) is 22.5 Å². The molecule has 1 aliphatic heterocycles. The first-order valence-corrected chi connectivity index (χ1v) is 15.9. The molecule has 11 nitrogen and oxygen atoms in total. The topological polar surface area (TPSA) is 134 Å². The zero-order chi connectivity index (χ0) is 33.7. The number of hydrogen-bond acceptors (Lipinski definition) is 8. The number of benzene rings is 1. The number of pyridine rings is 2. The van der Waals surface area contributed by atoms with Crippen molar-refractivity contribution in [3.63, 3.8) is 0 Å². The minimum atomic E-state index is -0.882. The monoisotopic (exact) mass is 683 g/mol. The maximum atomic E-state index is 13.4. The highest BCUT2D eigenvalue weighted by molar-refractivity contribution is 6.39. The van der Waals surface area contributed by atoms with Gasteiger partial charge in [0.25, 0.3) is 5.91 Å². The average Bonchev–Trinajstić information content (AvgIpc) is 3.39. The Bertz CT molecular complexity index is 1780. The lowest BCUT2D eigenvalue weighted by Gasteiger charge is -2.26. The molecule has 0 aliphatic carbocycles. The number of nitrogens with zero attached hydrogens (tertiary/aromatic N) is 5. The zero-order valence-electron chi connectivity index (χ0n) is 26.3. The van der Waals surface area contributed by atoms with Crippen molar-refractivity contribution >= 4 is 40.8 Å². The van der Waals surface area contributed by atoms with E-state index in [2.05, 4.69) is 30.5 Å². The minimum absolute atomic E-state index is 0.0100. The Morgan fingerprint density at radius 2 is 1.94 bits per heavy atom. The second kappa shape index (κ2) is 15.2. The quantitative estimate of drug-likeness (QED) is 0.160. The third-order valence-electron chi connectivity index (χ3n) is 8.07. The normalized spacial score (nSPS) is 13.7. The molecule has 0 saturated carbocycles. The number of nitrogens with one attached hydrogen (secondary N) is 2. The number of aliphatic carboxylic acids is 1. The summed E-state index contributed by atoms with van der Waals surface area (Å²) in [5, 5.41) is 15.6. The fourth-order valence-electron chi connectivity index (χ4n) is 5.63. The smallest absolute Gasteiger partial charge is 0.304 e. The van der Waals surface area contributed by atoms with Gasteiger partial charge in [-0.2, -0.15) is 0 Å². The van der Waals surface area contributed by atoms with E-state index < -0.39 is 11.9 Å². The van der Waals surface area contributed by atoms with Gasteiger partial charge >= 0.3 is 5.97 Å². The maximum absolute atomic E-state index is 13.4. The zero-order valence-corrected chi connectivity index (χ0v) is 27.8. The van der Waals surface area contributed by atoms with Gasteiger partial charge in [-0.15, -0.1) is 0 Å². The summed E-state index contributed by atoms with van der Waals surface area (Å²) >= 11 is 13.8. The van der Waals surface area contributed by atoms with Crippen LogP contribution in [0.15, 0.2) is 42.6 Å². The van der Waals surface area contributed by atoms with Crippen LogP contribution in [0.5, 0.6) is 5.88 Å². The predicted octanol–water partition coefficient (Wildman–Crippen LogP) is 5.78. The molecule has 4 aromatic rings. The van der Waals surface area contributed by atoms with Gasteiger partial charge in [0.05, 0.1) is 53.0 Å². The molecule has 0 radical (unpaired) electrons. The molecule has 0 spiro atoms. The summed E-state index contributed by atoms with van der Waals surface area (Å²) in [6.07, 6.45) is 2.79. The average molecular weight is 685 g/mol. The van der Waals surface area contributed by atoms with E-state index >= 15 is 0 Å². The van der Waals surface area contributed by atoms with Crippen molar-refractivity contribution in [1.29, 1.82) is 0 Å². The number of imidazole rings is 1. The molecule has 1 amide bonds. The number of hydrogen-bond donors (Lipinski definition) is 3. The fourth-order valence-corrected chi connectivity index (χ4v) is 6.20. The van der Waals surface area contributed by atoms with E-state index in [1.807, 2.05) is 13.1 Å². The van der Waals surface area contributed by atoms with E-state index in [9.17, 15) is 14.0 Å². The van der Waals surface area contributed by atoms with Crippen LogP contribution in [-0.4, -0.2) is 74.3 Å². The Hall–Kier alpha value is -4.10. The van der Waals surface area contributed by atoms with Gasteiger partial charge < -0.3 is 25.0 Å². The number of fused-ring (bicyclic) bond motifs is 1. The van der Waals surface area contributed by atoms with Crippen LogP contribution in [0.3, 0.4) is 0 Å². The molecule has 5 rings (SSSR count). The van der Waals surface area contributed by atoms with Crippen molar-refractivity contribution in [3.05, 3.63) is 75.4 Å². The number of amides is 1. The van der Waals surface area contributed by atoms with Crippen molar-refractivity contribution in [1.82, 2.24) is 29.7 Å². The summed E-state index contributed by atoms with van der Waals surface area (Å²) < 4.78 is 20.0. The lowest BCUT2D eigenvalue weighted by atomic mass is 10.1. The van der Waals surface area contributed by atoms with Crippen LogP contribution >= 0.6 is 23.2 Å². The van der Waals surface area contributed by atoms with Gasteiger partial charge in [0, 0.05) is 74.3 Å². The summed E-state index contributed by atoms with van der Waals surface area (Å²) in [6, 6.07) is 10.4. The summed E-state index contributed by atoms with van der Waals surface area (Å²) in [6.45, 7) is 3.80. The Labute approximate surface area is 282 Å². The molecule has 248 valence electrons. The number of alkyl halides is 1. The van der Waals surface area contributed by atoms with Gasteiger partial charge in [-0.1, -0.05) is 41.4 Å². The van der Waals surface area contributed by atoms with Crippen LogP contribution in [0, 0.1) is 0 Å². The van der Waals surface area contributed by atoms with Crippen LogP contribution in [-0.2, 0) is 31.4 Å². The molecular weight excluding hydrogens is 648 g/mol. The molecule has 1 aliphatic rings. The first kappa shape index (κ1) is 34.2. The number of carboxylic acids is 1. The van der Waals surface area contributed by atoms with E-state index in [1.54, 1.807) is 48.0 Å². The first-order chi connectivity index (χ1) is 22.6. The number of carbonyl (C=O) groups excluding carboxylic acids is 1. The molecule has 3 aromatic heterocycles. The number of methoxy groups -OCH3 is 1. The van der Waals surface area contributed by atoms with Crippen LogP contribution in [0.2, 0.25) is 10.0 Å². The second-order valence-corrected chi connectivity index (χ2v) is 12.1. The summed E-state index contributed by atoms with van der Waals surface area (Å²) in [5.74, 6) is -0.657. The molecule has 1 aromatic carbocycles. The van der Waals surface area contributed by atoms with Crippen molar-refractivity contribution in [3.8, 4) is 28.4 Å². The summed E-state index contributed by atoms with van der Waals surface area (Å²) in [4.78, 5) is 40.3. The van der Waals surface area contributed by atoms with Gasteiger partial charge in [0.15, 0.2) is 5.82 Å². The van der Waals surface area contributed by atoms with Crippen molar-refractivity contribution in [2.75, 3.05) is 32.2 Å². The molecule has 0 fully saturated rings. The molecule has 0 saturated heterocycles. The minimum Gasteiger partial charge on any atom is -0.481 e. The highest BCUT2D eigenvalue weighted by atomic mass is 35.5.